The van der Waals surface area contributed by atoms with Crippen LogP contribution in [0.4, 0.5) is 5.69 Å². The van der Waals surface area contributed by atoms with E-state index in [9.17, 15) is 4.79 Å². The Morgan fingerprint density at radius 1 is 1.28 bits per heavy atom. The Labute approximate surface area is 121 Å². The van der Waals surface area contributed by atoms with E-state index in [0.29, 0.717) is 27.2 Å². The Balaban J connectivity index is 2.00. The summed E-state index contributed by atoms with van der Waals surface area (Å²) in [5.74, 6) is -0.0744. The van der Waals surface area contributed by atoms with Crippen LogP contribution in [-0.2, 0) is 4.79 Å². The molecule has 1 aliphatic heterocycles. The van der Waals surface area contributed by atoms with Crippen LogP contribution >= 0.6 is 34.8 Å². The van der Waals surface area contributed by atoms with Crippen molar-refractivity contribution in [1.29, 1.82) is 0 Å². The Morgan fingerprint density at radius 2 is 2.00 bits per heavy atom. The van der Waals surface area contributed by atoms with Crippen LogP contribution in [0.3, 0.4) is 0 Å². The topological polar surface area (TPSA) is 41.1 Å². The fourth-order valence-electron chi connectivity index (χ4n) is 1.97. The van der Waals surface area contributed by atoms with Gasteiger partial charge in [0.05, 0.1) is 20.8 Å². The summed E-state index contributed by atoms with van der Waals surface area (Å²) in [5.41, 5.74) is 0.495. The molecule has 1 aromatic rings. The molecule has 2 N–H and O–H groups in total. The van der Waals surface area contributed by atoms with Crippen LogP contribution in [0, 0.1) is 0 Å². The highest BCUT2D eigenvalue weighted by Gasteiger charge is 2.18. The SMILES string of the molecule is O=C(CC1CCCN1)Nc1cc(Cl)c(Cl)cc1Cl. The summed E-state index contributed by atoms with van der Waals surface area (Å²) in [4.78, 5) is 11.8. The maximum Gasteiger partial charge on any atom is 0.225 e. The van der Waals surface area contributed by atoms with Crippen LogP contribution < -0.4 is 10.6 Å². The molecule has 1 unspecified atom stereocenters. The second-order valence-corrected chi connectivity index (χ2v) is 5.51. The summed E-state index contributed by atoms with van der Waals surface area (Å²) in [7, 11) is 0. The van der Waals surface area contributed by atoms with Crippen LogP contribution in [0.5, 0.6) is 0 Å². The minimum Gasteiger partial charge on any atom is -0.325 e. The molecular formula is C12H13Cl3N2O. The van der Waals surface area contributed by atoms with Crippen LogP contribution in [0.1, 0.15) is 19.3 Å². The number of carbonyl (C=O) groups excluding carboxylic acids is 1. The second-order valence-electron chi connectivity index (χ2n) is 4.29. The number of nitrogens with one attached hydrogen (secondary N) is 2. The van der Waals surface area contributed by atoms with Crippen molar-refractivity contribution in [3.63, 3.8) is 0 Å². The summed E-state index contributed by atoms with van der Waals surface area (Å²) in [6.07, 6.45) is 2.59. The van der Waals surface area contributed by atoms with Gasteiger partial charge in [0.15, 0.2) is 0 Å². The van der Waals surface area contributed by atoms with E-state index in [1.165, 1.54) is 6.07 Å². The molecule has 1 fully saturated rings. The number of amides is 1. The molecule has 1 heterocycles. The highest BCUT2D eigenvalue weighted by molar-refractivity contribution is 6.44. The van der Waals surface area contributed by atoms with Crippen LogP contribution in [0.15, 0.2) is 12.1 Å². The summed E-state index contributed by atoms with van der Waals surface area (Å²) < 4.78 is 0. The lowest BCUT2D eigenvalue weighted by atomic mass is 10.1. The molecule has 0 radical (unpaired) electrons. The zero-order valence-corrected chi connectivity index (χ0v) is 11.9. The summed E-state index contributed by atoms with van der Waals surface area (Å²) in [6.45, 7) is 0.978. The van der Waals surface area contributed by atoms with Gasteiger partial charge in [-0.15, -0.1) is 0 Å². The Kier molecular flexibility index (Phi) is 4.73. The van der Waals surface area contributed by atoms with Gasteiger partial charge in [-0.25, -0.2) is 0 Å². The van der Waals surface area contributed by atoms with Gasteiger partial charge in [-0.05, 0) is 31.5 Å². The molecular weight excluding hydrogens is 295 g/mol. The van der Waals surface area contributed by atoms with Crippen molar-refractivity contribution in [2.24, 2.45) is 0 Å². The maximum atomic E-state index is 11.8. The molecule has 1 atom stereocenters. The lowest BCUT2D eigenvalue weighted by molar-refractivity contribution is -0.116. The van der Waals surface area contributed by atoms with Gasteiger partial charge in [-0.2, -0.15) is 0 Å². The second kappa shape index (κ2) is 6.11. The summed E-state index contributed by atoms with van der Waals surface area (Å²) >= 11 is 17.7. The fraction of sp³-hybridized carbons (Fsp3) is 0.417. The first-order valence-electron chi connectivity index (χ1n) is 5.74. The lowest BCUT2D eigenvalue weighted by Crippen LogP contribution is -2.27. The molecule has 1 aliphatic rings. The molecule has 1 amide bonds. The third kappa shape index (κ3) is 3.51. The van der Waals surface area contributed by atoms with Crippen molar-refractivity contribution in [3.8, 4) is 0 Å². The van der Waals surface area contributed by atoms with Crippen LogP contribution in [-0.4, -0.2) is 18.5 Å². The molecule has 0 aromatic heterocycles. The summed E-state index contributed by atoms with van der Waals surface area (Å²) in [5, 5.41) is 7.15. The first-order chi connectivity index (χ1) is 8.56. The Morgan fingerprint density at radius 3 is 2.67 bits per heavy atom. The van der Waals surface area contributed by atoms with Crippen molar-refractivity contribution in [1.82, 2.24) is 5.32 Å². The number of rotatable bonds is 3. The maximum absolute atomic E-state index is 11.8. The van der Waals surface area contributed by atoms with E-state index >= 15 is 0 Å². The van der Waals surface area contributed by atoms with Crippen LogP contribution in [0.25, 0.3) is 0 Å². The average Bonchev–Trinajstić information content (AvgIpc) is 2.78. The van der Waals surface area contributed by atoms with Gasteiger partial charge in [0, 0.05) is 12.5 Å². The Hall–Kier alpha value is -0.480. The lowest BCUT2D eigenvalue weighted by Gasteiger charge is -2.12. The van der Waals surface area contributed by atoms with Gasteiger partial charge in [0.25, 0.3) is 0 Å². The molecule has 6 heteroatoms. The first kappa shape index (κ1) is 13.9. The van der Waals surface area contributed by atoms with Crippen molar-refractivity contribution in [2.45, 2.75) is 25.3 Å². The quantitative estimate of drug-likeness (QED) is 0.836. The third-order valence-corrected chi connectivity index (χ3v) is 3.91. The molecule has 0 aliphatic carbocycles. The predicted octanol–water partition coefficient (Wildman–Crippen LogP) is 3.73. The average molecular weight is 308 g/mol. The van der Waals surface area contributed by atoms with Gasteiger partial charge < -0.3 is 10.6 Å². The van der Waals surface area contributed by atoms with Gasteiger partial charge in [0.2, 0.25) is 5.91 Å². The minimum absolute atomic E-state index is 0.0744. The van der Waals surface area contributed by atoms with Crippen molar-refractivity contribution >= 4 is 46.4 Å². The van der Waals surface area contributed by atoms with E-state index in [2.05, 4.69) is 10.6 Å². The van der Waals surface area contributed by atoms with Crippen LogP contribution in [0.2, 0.25) is 15.1 Å². The normalized spacial score (nSPS) is 18.9. The number of anilines is 1. The van der Waals surface area contributed by atoms with E-state index in [0.717, 1.165) is 19.4 Å². The Bertz CT molecular complexity index is 459. The highest BCUT2D eigenvalue weighted by Crippen LogP contribution is 2.32. The highest BCUT2D eigenvalue weighted by atomic mass is 35.5. The molecule has 1 saturated heterocycles. The van der Waals surface area contributed by atoms with Crippen molar-refractivity contribution in [3.05, 3.63) is 27.2 Å². The van der Waals surface area contributed by atoms with Gasteiger partial charge >= 0.3 is 0 Å². The molecule has 0 bridgehead atoms. The molecule has 98 valence electrons. The number of hydrogen-bond donors (Lipinski definition) is 2. The molecule has 2 rings (SSSR count). The van der Waals surface area contributed by atoms with Gasteiger partial charge in [-0.3, -0.25) is 4.79 Å². The summed E-state index contributed by atoms with van der Waals surface area (Å²) in [6, 6.07) is 3.34. The number of carbonyl (C=O) groups is 1. The van der Waals surface area contributed by atoms with Crippen molar-refractivity contribution in [2.75, 3.05) is 11.9 Å². The van der Waals surface area contributed by atoms with Gasteiger partial charge in [-0.1, -0.05) is 34.8 Å². The van der Waals surface area contributed by atoms with E-state index in [4.69, 9.17) is 34.8 Å². The molecule has 1 aromatic carbocycles. The van der Waals surface area contributed by atoms with Gasteiger partial charge in [0.1, 0.15) is 0 Å². The largest absolute Gasteiger partial charge is 0.325 e. The third-order valence-electron chi connectivity index (χ3n) is 2.88. The molecule has 0 spiro atoms. The number of benzene rings is 1. The predicted molar refractivity (Wildman–Crippen MR) is 75.7 cm³/mol. The monoisotopic (exact) mass is 306 g/mol. The number of halogens is 3. The number of hydrogen-bond acceptors (Lipinski definition) is 2. The minimum atomic E-state index is -0.0744. The van der Waals surface area contributed by atoms with E-state index in [1.807, 2.05) is 0 Å². The van der Waals surface area contributed by atoms with E-state index in [-0.39, 0.29) is 11.9 Å². The fourth-order valence-corrected chi connectivity index (χ4v) is 2.57. The van der Waals surface area contributed by atoms with E-state index < -0.39 is 0 Å². The molecule has 18 heavy (non-hydrogen) atoms. The molecule has 3 nitrogen and oxygen atoms in total. The zero-order valence-electron chi connectivity index (χ0n) is 9.60. The molecule has 0 saturated carbocycles. The zero-order chi connectivity index (χ0) is 13.1. The van der Waals surface area contributed by atoms with E-state index in [1.54, 1.807) is 6.07 Å². The first-order valence-corrected chi connectivity index (χ1v) is 6.87. The standard InChI is InChI=1S/C12H13Cl3N2O/c13-8-5-10(15)11(6-9(8)14)17-12(18)4-7-2-1-3-16-7/h5-7,16H,1-4H2,(H,17,18). The smallest absolute Gasteiger partial charge is 0.225 e. The van der Waals surface area contributed by atoms with Crippen molar-refractivity contribution < 1.29 is 4.79 Å².